The lowest BCUT2D eigenvalue weighted by Crippen LogP contribution is -2.44. The third kappa shape index (κ3) is 3.07. The van der Waals surface area contributed by atoms with Crippen LogP contribution in [0.25, 0.3) is 0 Å². The highest BCUT2D eigenvalue weighted by molar-refractivity contribution is 8.01. The Morgan fingerprint density at radius 3 is 2.45 bits per heavy atom. The Labute approximate surface area is 134 Å². The molecule has 4 heteroatoms. The summed E-state index contributed by atoms with van der Waals surface area (Å²) in [5, 5.41) is 2.68. The van der Waals surface area contributed by atoms with Crippen molar-refractivity contribution in [1.82, 2.24) is 5.32 Å². The van der Waals surface area contributed by atoms with Crippen LogP contribution in [-0.4, -0.2) is 22.7 Å². The number of carbonyl (C=O) groups excluding carboxylic acids is 2. The van der Waals surface area contributed by atoms with Crippen LogP contribution in [0.3, 0.4) is 0 Å². The van der Waals surface area contributed by atoms with Crippen LogP contribution in [0.1, 0.15) is 27.5 Å². The second-order valence-electron chi connectivity index (χ2n) is 5.42. The molecule has 0 unspecified atom stereocenters. The summed E-state index contributed by atoms with van der Waals surface area (Å²) < 4.78 is 0. The fourth-order valence-electron chi connectivity index (χ4n) is 2.58. The van der Waals surface area contributed by atoms with Gasteiger partial charge in [0.05, 0.1) is 17.0 Å². The second kappa shape index (κ2) is 6.36. The van der Waals surface area contributed by atoms with E-state index in [1.54, 1.807) is 0 Å². The Hall–Kier alpha value is -2.07. The van der Waals surface area contributed by atoms with Gasteiger partial charge in [0.25, 0.3) is 0 Å². The summed E-state index contributed by atoms with van der Waals surface area (Å²) >= 11 is 1.42. The van der Waals surface area contributed by atoms with Crippen molar-refractivity contribution in [1.29, 1.82) is 0 Å². The van der Waals surface area contributed by atoms with Gasteiger partial charge in [-0.05, 0) is 12.5 Å². The summed E-state index contributed by atoms with van der Waals surface area (Å²) in [6.45, 7) is 2.02. The standard InChI is InChI=1S/C18H17NO2S/c1-12-7-9-13(10-8-12)16-18(22-11-15(20)19-16)17(21)14-5-3-2-4-6-14/h2-10,16,18H,11H2,1H3,(H,19,20)/t16-,18+/m1/s1. The van der Waals surface area contributed by atoms with Crippen LogP contribution >= 0.6 is 11.8 Å². The maximum Gasteiger partial charge on any atom is 0.230 e. The Morgan fingerprint density at radius 1 is 1.09 bits per heavy atom. The monoisotopic (exact) mass is 311 g/mol. The molecule has 1 amide bonds. The van der Waals surface area contributed by atoms with E-state index in [-0.39, 0.29) is 23.0 Å². The fourth-order valence-corrected chi connectivity index (χ4v) is 3.70. The highest BCUT2D eigenvalue weighted by Crippen LogP contribution is 2.33. The molecular formula is C18H17NO2S. The van der Waals surface area contributed by atoms with Crippen molar-refractivity contribution in [3.63, 3.8) is 0 Å². The molecule has 22 heavy (non-hydrogen) atoms. The van der Waals surface area contributed by atoms with Crippen LogP contribution in [0.4, 0.5) is 0 Å². The largest absolute Gasteiger partial charge is 0.347 e. The molecule has 112 valence electrons. The molecule has 0 radical (unpaired) electrons. The molecule has 2 aromatic rings. The lowest BCUT2D eigenvalue weighted by atomic mass is 9.96. The third-order valence-corrected chi connectivity index (χ3v) is 5.04. The molecule has 1 saturated heterocycles. The molecule has 0 bridgehead atoms. The molecule has 0 aliphatic carbocycles. The molecule has 1 fully saturated rings. The topological polar surface area (TPSA) is 46.2 Å². The van der Waals surface area contributed by atoms with Gasteiger partial charge in [0.1, 0.15) is 0 Å². The number of Topliss-reactive ketones (excluding diaryl/α,β-unsaturated/α-hetero) is 1. The number of aryl methyl sites for hydroxylation is 1. The van der Waals surface area contributed by atoms with E-state index in [0.717, 1.165) is 11.1 Å². The van der Waals surface area contributed by atoms with Gasteiger partial charge < -0.3 is 5.32 Å². The van der Waals surface area contributed by atoms with Gasteiger partial charge in [0.15, 0.2) is 5.78 Å². The zero-order chi connectivity index (χ0) is 15.5. The number of hydrogen-bond acceptors (Lipinski definition) is 3. The van der Waals surface area contributed by atoms with Crippen LogP contribution in [0.15, 0.2) is 54.6 Å². The Balaban J connectivity index is 1.92. The maximum absolute atomic E-state index is 12.8. The zero-order valence-corrected chi connectivity index (χ0v) is 13.1. The van der Waals surface area contributed by atoms with Gasteiger partial charge in [-0.25, -0.2) is 0 Å². The minimum Gasteiger partial charge on any atom is -0.347 e. The van der Waals surface area contributed by atoms with Gasteiger partial charge in [0.2, 0.25) is 5.91 Å². The number of thioether (sulfide) groups is 1. The van der Waals surface area contributed by atoms with Crippen molar-refractivity contribution in [3.05, 3.63) is 71.3 Å². The van der Waals surface area contributed by atoms with Crippen LogP contribution in [-0.2, 0) is 4.79 Å². The van der Waals surface area contributed by atoms with Crippen LogP contribution < -0.4 is 5.32 Å². The zero-order valence-electron chi connectivity index (χ0n) is 12.3. The van der Waals surface area contributed by atoms with Gasteiger partial charge in [-0.15, -0.1) is 11.8 Å². The number of benzene rings is 2. The molecule has 0 aromatic heterocycles. The Kier molecular flexibility index (Phi) is 4.29. The maximum atomic E-state index is 12.8. The first-order valence-corrected chi connectivity index (χ1v) is 8.27. The highest BCUT2D eigenvalue weighted by atomic mass is 32.2. The van der Waals surface area contributed by atoms with E-state index in [1.165, 1.54) is 11.8 Å². The number of hydrogen-bond donors (Lipinski definition) is 1. The van der Waals surface area contributed by atoms with E-state index in [2.05, 4.69) is 5.32 Å². The summed E-state index contributed by atoms with van der Waals surface area (Å²) in [6.07, 6.45) is 0. The molecule has 2 aromatic carbocycles. The van der Waals surface area contributed by atoms with Crippen LogP contribution in [0.5, 0.6) is 0 Å². The average molecular weight is 311 g/mol. The minimum absolute atomic E-state index is 0.0207. The molecule has 1 aliphatic rings. The molecule has 1 N–H and O–H groups in total. The van der Waals surface area contributed by atoms with Gasteiger partial charge >= 0.3 is 0 Å². The van der Waals surface area contributed by atoms with E-state index < -0.39 is 0 Å². The van der Waals surface area contributed by atoms with E-state index in [4.69, 9.17) is 0 Å². The first-order valence-electron chi connectivity index (χ1n) is 7.22. The third-order valence-electron chi connectivity index (χ3n) is 3.77. The lowest BCUT2D eigenvalue weighted by Gasteiger charge is -2.31. The quantitative estimate of drug-likeness (QED) is 0.886. The Bertz CT molecular complexity index is 682. The highest BCUT2D eigenvalue weighted by Gasteiger charge is 2.35. The van der Waals surface area contributed by atoms with E-state index in [1.807, 2.05) is 61.5 Å². The van der Waals surface area contributed by atoms with E-state index >= 15 is 0 Å². The SMILES string of the molecule is Cc1ccc([C@H]2NC(=O)CS[C@@H]2C(=O)c2ccccc2)cc1. The molecular weight excluding hydrogens is 294 g/mol. The van der Waals surface area contributed by atoms with Gasteiger partial charge in [-0.2, -0.15) is 0 Å². The van der Waals surface area contributed by atoms with Crippen molar-refractivity contribution < 1.29 is 9.59 Å². The van der Waals surface area contributed by atoms with Crippen molar-refractivity contribution in [3.8, 4) is 0 Å². The summed E-state index contributed by atoms with van der Waals surface area (Å²) in [5.74, 6) is 0.370. The summed E-state index contributed by atoms with van der Waals surface area (Å²) in [7, 11) is 0. The molecule has 2 atom stereocenters. The van der Waals surface area contributed by atoms with Crippen molar-refractivity contribution >= 4 is 23.5 Å². The van der Waals surface area contributed by atoms with Crippen molar-refractivity contribution in [2.45, 2.75) is 18.2 Å². The molecule has 3 rings (SSSR count). The predicted molar refractivity (Wildman–Crippen MR) is 89.1 cm³/mol. The summed E-state index contributed by atoms with van der Waals surface area (Å²) in [4.78, 5) is 24.6. The molecule has 1 aliphatic heterocycles. The molecule has 0 saturated carbocycles. The number of amides is 1. The normalized spacial score (nSPS) is 21.2. The van der Waals surface area contributed by atoms with Crippen molar-refractivity contribution in [2.75, 3.05) is 5.75 Å². The molecule has 3 nitrogen and oxygen atoms in total. The van der Waals surface area contributed by atoms with Gasteiger partial charge in [0, 0.05) is 5.56 Å². The molecule has 0 spiro atoms. The van der Waals surface area contributed by atoms with Crippen LogP contribution in [0.2, 0.25) is 0 Å². The Morgan fingerprint density at radius 2 is 1.77 bits per heavy atom. The first kappa shape index (κ1) is 14.9. The molecule has 1 heterocycles. The number of nitrogens with one attached hydrogen (secondary N) is 1. The van der Waals surface area contributed by atoms with Crippen molar-refractivity contribution in [2.24, 2.45) is 0 Å². The lowest BCUT2D eigenvalue weighted by molar-refractivity contribution is -0.119. The van der Waals surface area contributed by atoms with Gasteiger partial charge in [-0.3, -0.25) is 9.59 Å². The van der Waals surface area contributed by atoms with E-state index in [0.29, 0.717) is 11.3 Å². The first-order chi connectivity index (χ1) is 10.6. The number of rotatable bonds is 3. The van der Waals surface area contributed by atoms with Gasteiger partial charge in [-0.1, -0.05) is 60.2 Å². The van der Waals surface area contributed by atoms with E-state index in [9.17, 15) is 9.59 Å². The summed E-state index contributed by atoms with van der Waals surface area (Å²) in [5.41, 5.74) is 2.82. The second-order valence-corrected chi connectivity index (χ2v) is 6.55. The summed E-state index contributed by atoms with van der Waals surface area (Å²) in [6, 6.07) is 17.0. The number of ketones is 1. The minimum atomic E-state index is -0.289. The van der Waals surface area contributed by atoms with Crippen LogP contribution in [0, 0.1) is 6.92 Å². The average Bonchev–Trinajstić information content (AvgIpc) is 2.56. The predicted octanol–water partition coefficient (Wildman–Crippen LogP) is 3.15. The fraction of sp³-hybridized carbons (Fsp3) is 0.222. The number of carbonyl (C=O) groups is 2. The smallest absolute Gasteiger partial charge is 0.230 e.